The van der Waals surface area contributed by atoms with Crippen LogP contribution < -0.4 is 15.4 Å². The van der Waals surface area contributed by atoms with Crippen LogP contribution >= 0.6 is 0 Å². The molecule has 9 heteroatoms. The number of H-pyrrole nitrogens is 1. The molecule has 2 amide bonds. The lowest BCUT2D eigenvalue weighted by atomic mass is 10.2. The Hall–Kier alpha value is -3.88. The van der Waals surface area contributed by atoms with Crippen molar-refractivity contribution in [1.82, 2.24) is 20.6 Å². The highest BCUT2D eigenvalue weighted by atomic mass is 16.7. The molecular weight excluding hydrogens is 376 g/mol. The summed E-state index contributed by atoms with van der Waals surface area (Å²) in [6.07, 6.45) is 0.768. The number of nitrogens with zero attached hydrogens (tertiary/aromatic N) is 1. The Morgan fingerprint density at radius 1 is 0.966 bits per heavy atom. The quantitative estimate of drug-likeness (QED) is 0.320. The first-order valence-electron chi connectivity index (χ1n) is 9.01. The SMILES string of the molecule is CCOC(=O)Oc1ccc(C(=O)NCCNC(=O)c2ccc3nc[nH]c3c2)cc1. The molecule has 0 aliphatic heterocycles. The molecule has 3 aromatic rings. The van der Waals surface area contributed by atoms with Gasteiger partial charge < -0.3 is 25.1 Å². The Kier molecular flexibility index (Phi) is 6.41. The molecule has 1 aromatic heterocycles. The second kappa shape index (κ2) is 9.36. The second-order valence-electron chi connectivity index (χ2n) is 5.96. The largest absolute Gasteiger partial charge is 0.513 e. The van der Waals surface area contributed by atoms with Crippen LogP contribution in [0.1, 0.15) is 27.6 Å². The number of fused-ring (bicyclic) bond motifs is 1. The van der Waals surface area contributed by atoms with E-state index in [0.717, 1.165) is 11.0 Å². The highest BCUT2D eigenvalue weighted by Crippen LogP contribution is 2.13. The first-order chi connectivity index (χ1) is 14.1. The molecule has 3 rings (SSSR count). The van der Waals surface area contributed by atoms with Crippen LogP contribution in [0, 0.1) is 0 Å². The molecule has 150 valence electrons. The molecule has 3 N–H and O–H groups in total. The van der Waals surface area contributed by atoms with Crippen molar-refractivity contribution in [3.8, 4) is 5.75 Å². The number of benzene rings is 2. The van der Waals surface area contributed by atoms with Gasteiger partial charge in [-0.1, -0.05) is 0 Å². The molecule has 0 spiro atoms. The van der Waals surface area contributed by atoms with E-state index >= 15 is 0 Å². The minimum atomic E-state index is -0.799. The number of imidazole rings is 1. The van der Waals surface area contributed by atoms with Crippen LogP contribution in [0.25, 0.3) is 11.0 Å². The number of carbonyl (C=O) groups is 3. The number of aromatic amines is 1. The van der Waals surface area contributed by atoms with Gasteiger partial charge in [0.15, 0.2) is 0 Å². The number of hydrogen-bond acceptors (Lipinski definition) is 6. The molecule has 9 nitrogen and oxygen atoms in total. The summed E-state index contributed by atoms with van der Waals surface area (Å²) >= 11 is 0. The molecule has 1 heterocycles. The first kappa shape index (κ1) is 19.9. The molecule has 2 aromatic carbocycles. The minimum absolute atomic E-state index is 0.216. The summed E-state index contributed by atoms with van der Waals surface area (Å²) in [5.41, 5.74) is 2.47. The molecular formula is C20H20N4O5. The van der Waals surface area contributed by atoms with E-state index in [9.17, 15) is 14.4 Å². The van der Waals surface area contributed by atoms with E-state index in [2.05, 4.69) is 25.3 Å². The van der Waals surface area contributed by atoms with E-state index in [1.54, 1.807) is 31.5 Å². The first-order valence-corrected chi connectivity index (χ1v) is 9.01. The lowest BCUT2D eigenvalue weighted by Gasteiger charge is -2.08. The number of nitrogens with one attached hydrogen (secondary N) is 3. The molecule has 0 unspecified atom stereocenters. The number of ether oxygens (including phenoxy) is 2. The van der Waals surface area contributed by atoms with Crippen LogP contribution in [0.2, 0.25) is 0 Å². The van der Waals surface area contributed by atoms with Crippen LogP contribution in [0.5, 0.6) is 5.75 Å². The summed E-state index contributed by atoms with van der Waals surface area (Å²) in [6, 6.07) is 11.2. The zero-order valence-corrected chi connectivity index (χ0v) is 15.7. The third-order valence-corrected chi connectivity index (χ3v) is 3.96. The number of amides is 2. The van der Waals surface area contributed by atoms with Crippen molar-refractivity contribution in [2.75, 3.05) is 19.7 Å². The van der Waals surface area contributed by atoms with E-state index in [0.29, 0.717) is 11.1 Å². The Bertz CT molecular complexity index is 1010. The Balaban J connectivity index is 1.43. The normalized spacial score (nSPS) is 10.4. The van der Waals surface area contributed by atoms with E-state index in [1.165, 1.54) is 24.3 Å². The van der Waals surface area contributed by atoms with Gasteiger partial charge in [-0.2, -0.15) is 0 Å². The van der Waals surface area contributed by atoms with Crippen molar-refractivity contribution in [2.45, 2.75) is 6.92 Å². The Morgan fingerprint density at radius 2 is 1.62 bits per heavy atom. The van der Waals surface area contributed by atoms with Gasteiger partial charge in [-0.3, -0.25) is 9.59 Å². The topological polar surface area (TPSA) is 122 Å². The van der Waals surface area contributed by atoms with Crippen molar-refractivity contribution in [3.63, 3.8) is 0 Å². The fourth-order valence-corrected chi connectivity index (χ4v) is 2.55. The van der Waals surface area contributed by atoms with E-state index in [4.69, 9.17) is 4.74 Å². The Labute approximate surface area is 166 Å². The molecule has 0 atom stereocenters. The average molecular weight is 396 g/mol. The maximum Gasteiger partial charge on any atom is 0.513 e. The number of carbonyl (C=O) groups excluding carboxylic acids is 3. The number of hydrogen-bond donors (Lipinski definition) is 3. The van der Waals surface area contributed by atoms with Gasteiger partial charge in [0, 0.05) is 24.2 Å². The van der Waals surface area contributed by atoms with E-state index < -0.39 is 6.16 Å². The van der Waals surface area contributed by atoms with Crippen LogP contribution in [-0.2, 0) is 4.74 Å². The van der Waals surface area contributed by atoms with Crippen LogP contribution in [0.15, 0.2) is 48.8 Å². The fourth-order valence-electron chi connectivity index (χ4n) is 2.55. The van der Waals surface area contributed by atoms with Gasteiger partial charge in [-0.05, 0) is 49.4 Å². The minimum Gasteiger partial charge on any atom is -0.434 e. The van der Waals surface area contributed by atoms with Gasteiger partial charge in [0.25, 0.3) is 11.8 Å². The van der Waals surface area contributed by atoms with Crippen molar-refractivity contribution < 1.29 is 23.9 Å². The molecule has 0 aliphatic carbocycles. The van der Waals surface area contributed by atoms with Crippen molar-refractivity contribution >= 4 is 29.0 Å². The van der Waals surface area contributed by atoms with Gasteiger partial charge in [-0.15, -0.1) is 0 Å². The van der Waals surface area contributed by atoms with Crippen LogP contribution in [0.4, 0.5) is 4.79 Å². The monoisotopic (exact) mass is 396 g/mol. The summed E-state index contributed by atoms with van der Waals surface area (Å²) < 4.78 is 9.61. The zero-order valence-electron chi connectivity index (χ0n) is 15.7. The lowest BCUT2D eigenvalue weighted by molar-refractivity contribution is 0.0927. The maximum absolute atomic E-state index is 12.2. The smallest absolute Gasteiger partial charge is 0.434 e. The van der Waals surface area contributed by atoms with Crippen molar-refractivity contribution in [2.24, 2.45) is 0 Å². The molecule has 0 fully saturated rings. The molecule has 29 heavy (non-hydrogen) atoms. The van der Waals surface area contributed by atoms with Gasteiger partial charge in [0.1, 0.15) is 5.75 Å². The number of rotatable bonds is 7. The summed E-state index contributed by atoms with van der Waals surface area (Å²) in [7, 11) is 0. The van der Waals surface area contributed by atoms with Crippen molar-refractivity contribution in [1.29, 1.82) is 0 Å². The summed E-state index contributed by atoms with van der Waals surface area (Å²) in [4.78, 5) is 42.6. The van der Waals surface area contributed by atoms with Gasteiger partial charge in [0.2, 0.25) is 0 Å². The molecule has 0 aliphatic rings. The van der Waals surface area contributed by atoms with Crippen molar-refractivity contribution in [3.05, 3.63) is 59.9 Å². The van der Waals surface area contributed by atoms with Crippen LogP contribution in [0.3, 0.4) is 0 Å². The molecule has 0 saturated heterocycles. The van der Waals surface area contributed by atoms with Gasteiger partial charge in [-0.25, -0.2) is 9.78 Å². The summed E-state index contributed by atoms with van der Waals surface area (Å²) in [6.45, 7) is 2.43. The third-order valence-electron chi connectivity index (χ3n) is 3.96. The predicted molar refractivity (Wildman–Crippen MR) is 105 cm³/mol. The Morgan fingerprint density at radius 3 is 2.31 bits per heavy atom. The van der Waals surface area contributed by atoms with Crippen LogP contribution in [-0.4, -0.2) is 47.6 Å². The van der Waals surface area contributed by atoms with E-state index in [-0.39, 0.29) is 37.3 Å². The molecule has 0 saturated carbocycles. The van der Waals surface area contributed by atoms with E-state index in [1.807, 2.05) is 0 Å². The zero-order chi connectivity index (χ0) is 20.6. The standard InChI is InChI=1S/C20H20N4O5/c1-2-28-20(27)29-15-6-3-13(4-7-15)18(25)21-9-10-22-19(26)14-5-8-16-17(11-14)24-12-23-16/h3-8,11-12H,2,9-10H2,1H3,(H,21,25)(H,22,26)(H,23,24). The fraction of sp³-hybridized carbons (Fsp3) is 0.200. The average Bonchev–Trinajstić information content (AvgIpc) is 3.19. The van der Waals surface area contributed by atoms with Gasteiger partial charge >= 0.3 is 6.16 Å². The second-order valence-corrected chi connectivity index (χ2v) is 5.96. The summed E-state index contributed by atoms with van der Waals surface area (Å²) in [5.74, 6) is -0.265. The highest BCUT2D eigenvalue weighted by Gasteiger charge is 2.09. The summed E-state index contributed by atoms with van der Waals surface area (Å²) in [5, 5.41) is 5.46. The molecule has 0 radical (unpaired) electrons. The van der Waals surface area contributed by atoms with Gasteiger partial charge in [0.05, 0.1) is 24.0 Å². The third kappa shape index (κ3) is 5.32. The lowest BCUT2D eigenvalue weighted by Crippen LogP contribution is -2.34. The molecule has 0 bridgehead atoms. The predicted octanol–water partition coefficient (Wildman–Crippen LogP) is 2.26. The maximum atomic E-state index is 12.2. The number of aromatic nitrogens is 2. The highest BCUT2D eigenvalue weighted by molar-refractivity contribution is 5.97.